The zero-order chi connectivity index (χ0) is 8.43. The second-order valence-corrected chi connectivity index (χ2v) is 2.95. The van der Waals surface area contributed by atoms with Crippen LogP contribution in [0.3, 0.4) is 0 Å². The number of amides is 2. The van der Waals surface area contributed by atoms with Gasteiger partial charge in [0, 0.05) is 6.42 Å². The van der Waals surface area contributed by atoms with E-state index < -0.39 is 5.25 Å². The average Bonchev–Trinajstić information content (AvgIpc) is 2.17. The predicted octanol–water partition coefficient (Wildman–Crippen LogP) is -0.964. The van der Waals surface area contributed by atoms with Gasteiger partial charge in [0.2, 0.25) is 11.8 Å². The molecule has 1 aliphatic heterocycles. The first-order valence-corrected chi connectivity index (χ1v) is 3.81. The fourth-order valence-corrected chi connectivity index (χ4v) is 1.30. The lowest BCUT2D eigenvalue weighted by Gasteiger charge is -2.10. The number of β-amino-alcohol motifs (C(OH)–C–C–N with tert-alkyl or cyclic N) is 1. The highest BCUT2D eigenvalue weighted by Gasteiger charge is 2.35. The molecule has 1 aliphatic rings. The number of aliphatic hydroxyl groups is 1. The molecule has 1 saturated heterocycles. The molecule has 0 radical (unpaired) electrons. The highest BCUT2D eigenvalue weighted by molar-refractivity contribution is 7.81. The number of likely N-dealkylation sites (tertiary alicyclic amines) is 1. The third-order valence-electron chi connectivity index (χ3n) is 1.54. The molecule has 0 aliphatic carbocycles. The summed E-state index contributed by atoms with van der Waals surface area (Å²) >= 11 is 3.91. The Balaban J connectivity index is 2.64. The molecule has 0 aromatic carbocycles. The van der Waals surface area contributed by atoms with Gasteiger partial charge in [0.05, 0.1) is 18.4 Å². The van der Waals surface area contributed by atoms with Crippen LogP contribution in [0.25, 0.3) is 0 Å². The molecule has 1 unspecified atom stereocenters. The standard InChI is InChI=1S/C6H9NO3S/c8-2-1-7-5(9)3-4(11)6(7)10/h4,8,11H,1-3H2. The van der Waals surface area contributed by atoms with Crippen molar-refractivity contribution in [3.05, 3.63) is 0 Å². The normalized spacial score (nSPS) is 24.9. The molecule has 1 atom stereocenters. The van der Waals surface area contributed by atoms with Crippen LogP contribution >= 0.6 is 12.6 Å². The molecular weight excluding hydrogens is 166 g/mol. The van der Waals surface area contributed by atoms with Crippen molar-refractivity contribution in [3.8, 4) is 0 Å². The Morgan fingerprint density at radius 3 is 2.64 bits per heavy atom. The van der Waals surface area contributed by atoms with Gasteiger partial charge >= 0.3 is 0 Å². The largest absolute Gasteiger partial charge is 0.395 e. The van der Waals surface area contributed by atoms with Gasteiger partial charge in [-0.05, 0) is 0 Å². The van der Waals surface area contributed by atoms with Gasteiger partial charge in [-0.3, -0.25) is 14.5 Å². The summed E-state index contributed by atoms with van der Waals surface area (Å²) in [5.41, 5.74) is 0. The topological polar surface area (TPSA) is 57.6 Å². The lowest BCUT2D eigenvalue weighted by Crippen LogP contribution is -2.33. The Morgan fingerprint density at radius 2 is 2.27 bits per heavy atom. The Labute approximate surface area is 69.6 Å². The van der Waals surface area contributed by atoms with Crippen molar-refractivity contribution in [2.24, 2.45) is 0 Å². The molecule has 2 amide bonds. The Kier molecular flexibility index (Phi) is 2.51. The van der Waals surface area contributed by atoms with Crippen molar-refractivity contribution in [1.82, 2.24) is 4.90 Å². The minimum atomic E-state index is -0.506. The van der Waals surface area contributed by atoms with Crippen LogP contribution in [0, 0.1) is 0 Å². The van der Waals surface area contributed by atoms with Gasteiger partial charge in [0.15, 0.2) is 0 Å². The lowest BCUT2D eigenvalue weighted by molar-refractivity contribution is -0.138. The molecular formula is C6H9NO3S. The lowest BCUT2D eigenvalue weighted by atomic mass is 10.4. The number of rotatable bonds is 2. The second-order valence-electron chi connectivity index (χ2n) is 2.33. The molecule has 1 rings (SSSR count). The summed E-state index contributed by atoms with van der Waals surface area (Å²) in [4.78, 5) is 23.0. The van der Waals surface area contributed by atoms with E-state index in [1.807, 2.05) is 0 Å². The summed E-state index contributed by atoms with van der Waals surface area (Å²) in [6.45, 7) is -0.0906. The Hall–Kier alpha value is -0.550. The molecule has 1 N–H and O–H groups in total. The minimum absolute atomic E-state index is 0.0920. The maximum absolute atomic E-state index is 11.0. The van der Waals surface area contributed by atoms with E-state index >= 15 is 0 Å². The summed E-state index contributed by atoms with van der Waals surface area (Å²) < 4.78 is 0. The SMILES string of the molecule is O=C1CC(S)C(=O)N1CCO. The summed E-state index contributed by atoms with van der Waals surface area (Å²) in [7, 11) is 0. The van der Waals surface area contributed by atoms with Crippen LogP contribution in [0.15, 0.2) is 0 Å². The van der Waals surface area contributed by atoms with Crippen LogP contribution < -0.4 is 0 Å². The predicted molar refractivity (Wildman–Crippen MR) is 41.2 cm³/mol. The molecule has 0 spiro atoms. The van der Waals surface area contributed by atoms with Crippen molar-refractivity contribution < 1.29 is 14.7 Å². The maximum Gasteiger partial charge on any atom is 0.242 e. The summed E-state index contributed by atoms with van der Waals surface area (Å²) in [6.07, 6.45) is 0.155. The molecule has 11 heavy (non-hydrogen) atoms. The highest BCUT2D eigenvalue weighted by Crippen LogP contribution is 2.16. The van der Waals surface area contributed by atoms with Crippen molar-refractivity contribution in [3.63, 3.8) is 0 Å². The van der Waals surface area contributed by atoms with E-state index in [-0.39, 0.29) is 31.4 Å². The molecule has 0 saturated carbocycles. The van der Waals surface area contributed by atoms with Crippen molar-refractivity contribution in [2.45, 2.75) is 11.7 Å². The number of thiol groups is 1. The van der Waals surface area contributed by atoms with E-state index in [1.54, 1.807) is 0 Å². The number of imide groups is 1. The first kappa shape index (κ1) is 8.55. The van der Waals surface area contributed by atoms with E-state index in [4.69, 9.17) is 5.11 Å². The Bertz CT molecular complexity index is 194. The smallest absolute Gasteiger partial charge is 0.242 e. The summed E-state index contributed by atoms with van der Waals surface area (Å²) in [6, 6.07) is 0. The number of carbonyl (C=O) groups is 2. The van der Waals surface area contributed by atoms with Crippen LogP contribution in [-0.4, -0.2) is 40.2 Å². The van der Waals surface area contributed by atoms with E-state index in [0.717, 1.165) is 4.90 Å². The zero-order valence-corrected chi connectivity index (χ0v) is 6.75. The Morgan fingerprint density at radius 1 is 1.64 bits per heavy atom. The number of nitrogens with zero attached hydrogens (tertiary/aromatic N) is 1. The van der Waals surface area contributed by atoms with E-state index in [2.05, 4.69) is 12.6 Å². The van der Waals surface area contributed by atoms with Crippen molar-refractivity contribution >= 4 is 24.4 Å². The van der Waals surface area contributed by atoms with E-state index in [0.29, 0.717) is 0 Å². The molecule has 0 bridgehead atoms. The second kappa shape index (κ2) is 3.23. The zero-order valence-electron chi connectivity index (χ0n) is 5.86. The van der Waals surface area contributed by atoms with Crippen LogP contribution in [0.4, 0.5) is 0 Å². The van der Waals surface area contributed by atoms with Gasteiger partial charge < -0.3 is 5.11 Å². The molecule has 5 heteroatoms. The molecule has 1 fully saturated rings. The number of hydrogen-bond acceptors (Lipinski definition) is 4. The van der Waals surface area contributed by atoms with E-state index in [1.165, 1.54) is 0 Å². The monoisotopic (exact) mass is 175 g/mol. The third-order valence-corrected chi connectivity index (χ3v) is 1.95. The van der Waals surface area contributed by atoms with Gasteiger partial charge in [-0.1, -0.05) is 0 Å². The summed E-state index contributed by atoms with van der Waals surface area (Å²) in [5, 5.41) is 7.97. The van der Waals surface area contributed by atoms with Crippen molar-refractivity contribution in [2.75, 3.05) is 13.2 Å². The molecule has 4 nitrogen and oxygen atoms in total. The average molecular weight is 175 g/mol. The fourth-order valence-electron chi connectivity index (χ4n) is 1.00. The molecule has 0 aromatic rings. The number of carbonyl (C=O) groups excluding carboxylic acids is 2. The highest BCUT2D eigenvalue weighted by atomic mass is 32.1. The fraction of sp³-hybridized carbons (Fsp3) is 0.667. The molecule has 1 heterocycles. The van der Waals surface area contributed by atoms with Gasteiger partial charge in [-0.25, -0.2) is 0 Å². The quantitative estimate of drug-likeness (QED) is 0.419. The minimum Gasteiger partial charge on any atom is -0.395 e. The van der Waals surface area contributed by atoms with Crippen molar-refractivity contribution in [1.29, 1.82) is 0 Å². The third kappa shape index (κ3) is 1.54. The van der Waals surface area contributed by atoms with Gasteiger partial charge in [0.1, 0.15) is 0 Å². The maximum atomic E-state index is 11.0. The van der Waals surface area contributed by atoms with Crippen LogP contribution in [0.2, 0.25) is 0 Å². The number of aliphatic hydroxyl groups excluding tert-OH is 1. The number of hydrogen-bond donors (Lipinski definition) is 2. The van der Waals surface area contributed by atoms with Gasteiger partial charge in [0.25, 0.3) is 0 Å². The first-order chi connectivity index (χ1) is 5.16. The molecule has 0 aromatic heterocycles. The van der Waals surface area contributed by atoms with E-state index in [9.17, 15) is 9.59 Å². The molecule has 62 valence electrons. The van der Waals surface area contributed by atoms with Gasteiger partial charge in [-0.2, -0.15) is 12.6 Å². The van der Waals surface area contributed by atoms with Crippen LogP contribution in [0.5, 0.6) is 0 Å². The van der Waals surface area contributed by atoms with Crippen LogP contribution in [0.1, 0.15) is 6.42 Å². The van der Waals surface area contributed by atoms with Gasteiger partial charge in [-0.15, -0.1) is 0 Å². The first-order valence-electron chi connectivity index (χ1n) is 3.30. The van der Waals surface area contributed by atoms with Crippen LogP contribution in [-0.2, 0) is 9.59 Å². The summed E-state index contributed by atoms with van der Waals surface area (Å²) in [5.74, 6) is -0.545.